The van der Waals surface area contributed by atoms with Gasteiger partial charge in [0.2, 0.25) is 0 Å². The average Bonchev–Trinajstić information content (AvgIpc) is 2.47. The normalized spacial score (nSPS) is 15.4. The van der Waals surface area contributed by atoms with Crippen molar-refractivity contribution in [3.63, 3.8) is 0 Å². The Morgan fingerprint density at radius 3 is 2.09 bits per heavy atom. The summed E-state index contributed by atoms with van der Waals surface area (Å²) in [6, 6.07) is 0. The van der Waals surface area contributed by atoms with E-state index in [9.17, 15) is 9.59 Å². The molecule has 1 aliphatic carbocycles. The molecule has 1 rings (SSSR count). The van der Waals surface area contributed by atoms with Crippen molar-refractivity contribution in [1.82, 2.24) is 0 Å². The molecular formula is C17H26O5. The van der Waals surface area contributed by atoms with Crippen molar-refractivity contribution in [3.8, 4) is 0 Å². The number of ether oxygens (including phenoxy) is 3. The molecule has 0 amide bonds. The van der Waals surface area contributed by atoms with Crippen LogP contribution in [0.25, 0.3) is 0 Å². The van der Waals surface area contributed by atoms with Gasteiger partial charge in [-0.3, -0.25) is 0 Å². The molecule has 0 N–H and O–H groups in total. The minimum atomic E-state index is -0.495. The topological polar surface area (TPSA) is 61.8 Å². The highest BCUT2D eigenvalue weighted by molar-refractivity contribution is 5.89. The molecule has 0 saturated heterocycles. The van der Waals surface area contributed by atoms with Crippen LogP contribution in [0.2, 0.25) is 0 Å². The number of carbonyl (C=O) groups is 2. The molecule has 0 aromatic rings. The maximum atomic E-state index is 11.9. The highest BCUT2D eigenvalue weighted by Crippen LogP contribution is 2.21. The number of rotatable bonds is 8. The molecule has 0 radical (unpaired) electrons. The van der Waals surface area contributed by atoms with Crippen molar-refractivity contribution in [1.29, 1.82) is 0 Å². The Labute approximate surface area is 132 Å². The molecule has 0 heterocycles. The van der Waals surface area contributed by atoms with Crippen molar-refractivity contribution < 1.29 is 23.8 Å². The molecule has 124 valence electrons. The molecule has 5 heteroatoms. The SMILES string of the molecule is C=C(COCC(=C)C(=O)OC1CCCCC1)C(=O)OC(C)C. The van der Waals surface area contributed by atoms with Gasteiger partial charge in [-0.2, -0.15) is 0 Å². The maximum Gasteiger partial charge on any atom is 0.336 e. The molecule has 0 aliphatic heterocycles. The standard InChI is InChI=1S/C17H26O5/c1-12(2)21-16(18)13(3)10-20-11-14(4)17(19)22-15-8-6-5-7-9-15/h12,15H,3-11H2,1-2H3. The van der Waals surface area contributed by atoms with Crippen LogP contribution >= 0.6 is 0 Å². The van der Waals surface area contributed by atoms with Gasteiger partial charge in [-0.15, -0.1) is 0 Å². The van der Waals surface area contributed by atoms with Gasteiger partial charge in [0.1, 0.15) is 6.10 Å². The first-order chi connectivity index (χ1) is 10.4. The van der Waals surface area contributed by atoms with Crippen LogP contribution in [0.1, 0.15) is 46.0 Å². The van der Waals surface area contributed by atoms with E-state index in [1.54, 1.807) is 13.8 Å². The van der Waals surface area contributed by atoms with Crippen LogP contribution in [0.3, 0.4) is 0 Å². The molecule has 0 spiro atoms. The average molecular weight is 310 g/mol. The van der Waals surface area contributed by atoms with Crippen molar-refractivity contribution >= 4 is 11.9 Å². The highest BCUT2D eigenvalue weighted by Gasteiger charge is 2.19. The molecule has 5 nitrogen and oxygen atoms in total. The van der Waals surface area contributed by atoms with Crippen LogP contribution < -0.4 is 0 Å². The van der Waals surface area contributed by atoms with Crippen molar-refractivity contribution in [3.05, 3.63) is 24.3 Å². The Morgan fingerprint density at radius 2 is 1.55 bits per heavy atom. The summed E-state index contributed by atoms with van der Waals surface area (Å²) in [5, 5.41) is 0. The lowest BCUT2D eigenvalue weighted by molar-refractivity contribution is -0.146. The minimum absolute atomic E-state index is 0.00127. The summed E-state index contributed by atoms with van der Waals surface area (Å²) in [5.41, 5.74) is 0.456. The second-order valence-electron chi connectivity index (χ2n) is 5.82. The Bertz CT molecular complexity index is 419. The zero-order valence-electron chi connectivity index (χ0n) is 13.6. The Balaban J connectivity index is 2.23. The second kappa shape index (κ2) is 9.41. The van der Waals surface area contributed by atoms with Gasteiger partial charge >= 0.3 is 11.9 Å². The van der Waals surface area contributed by atoms with Gasteiger partial charge in [0.25, 0.3) is 0 Å². The fourth-order valence-corrected chi connectivity index (χ4v) is 2.13. The Kier molecular flexibility index (Phi) is 7.88. The van der Waals surface area contributed by atoms with E-state index in [-0.39, 0.29) is 36.6 Å². The number of esters is 2. The van der Waals surface area contributed by atoms with Gasteiger partial charge in [-0.1, -0.05) is 19.6 Å². The largest absolute Gasteiger partial charge is 0.460 e. The summed E-state index contributed by atoms with van der Waals surface area (Å²) < 4.78 is 15.6. The molecule has 0 aromatic carbocycles. The molecule has 1 fully saturated rings. The third-order valence-corrected chi connectivity index (χ3v) is 3.30. The summed E-state index contributed by atoms with van der Waals surface area (Å²) >= 11 is 0. The lowest BCUT2D eigenvalue weighted by Gasteiger charge is -2.22. The van der Waals surface area contributed by atoms with E-state index >= 15 is 0 Å². The first-order valence-electron chi connectivity index (χ1n) is 7.75. The van der Waals surface area contributed by atoms with Gasteiger partial charge in [0.05, 0.1) is 30.5 Å². The summed E-state index contributed by atoms with van der Waals surface area (Å²) in [4.78, 5) is 23.4. The maximum absolute atomic E-state index is 11.9. The van der Waals surface area contributed by atoms with Crippen LogP contribution in [0.4, 0.5) is 0 Å². The van der Waals surface area contributed by atoms with E-state index < -0.39 is 11.9 Å². The lowest BCUT2D eigenvalue weighted by atomic mass is 9.98. The molecule has 1 saturated carbocycles. The quantitative estimate of drug-likeness (QED) is 0.509. The van der Waals surface area contributed by atoms with Gasteiger partial charge in [-0.25, -0.2) is 9.59 Å². The van der Waals surface area contributed by atoms with Gasteiger partial charge in [-0.05, 0) is 39.5 Å². The first kappa shape index (κ1) is 18.4. The van der Waals surface area contributed by atoms with E-state index in [4.69, 9.17) is 14.2 Å². The Morgan fingerprint density at radius 1 is 1.00 bits per heavy atom. The second-order valence-corrected chi connectivity index (χ2v) is 5.82. The molecule has 0 bridgehead atoms. The monoisotopic (exact) mass is 310 g/mol. The summed E-state index contributed by atoms with van der Waals surface area (Å²) in [6.45, 7) is 10.8. The minimum Gasteiger partial charge on any atom is -0.460 e. The lowest BCUT2D eigenvalue weighted by Crippen LogP contribution is -2.23. The number of carbonyl (C=O) groups excluding carboxylic acids is 2. The zero-order chi connectivity index (χ0) is 16.5. The summed E-state index contributed by atoms with van der Waals surface area (Å²) in [5.74, 6) is -0.923. The van der Waals surface area contributed by atoms with Crippen LogP contribution in [0, 0.1) is 0 Å². The van der Waals surface area contributed by atoms with Crippen molar-refractivity contribution in [2.24, 2.45) is 0 Å². The van der Waals surface area contributed by atoms with Crippen LogP contribution in [-0.4, -0.2) is 37.4 Å². The van der Waals surface area contributed by atoms with E-state index in [1.807, 2.05) is 0 Å². The third kappa shape index (κ3) is 6.89. The Hall–Kier alpha value is -1.62. The van der Waals surface area contributed by atoms with E-state index in [1.165, 1.54) is 6.42 Å². The van der Waals surface area contributed by atoms with Crippen LogP contribution in [0.15, 0.2) is 24.3 Å². The fourth-order valence-electron chi connectivity index (χ4n) is 2.13. The number of hydrogen-bond donors (Lipinski definition) is 0. The van der Waals surface area contributed by atoms with Crippen molar-refractivity contribution in [2.45, 2.75) is 58.2 Å². The van der Waals surface area contributed by atoms with Crippen molar-refractivity contribution in [2.75, 3.05) is 13.2 Å². The predicted molar refractivity (Wildman–Crippen MR) is 83.3 cm³/mol. The molecular weight excluding hydrogens is 284 g/mol. The molecule has 22 heavy (non-hydrogen) atoms. The van der Waals surface area contributed by atoms with Gasteiger partial charge in [0.15, 0.2) is 0 Å². The van der Waals surface area contributed by atoms with Gasteiger partial charge < -0.3 is 14.2 Å². The van der Waals surface area contributed by atoms with Crippen LogP contribution in [-0.2, 0) is 23.8 Å². The highest BCUT2D eigenvalue weighted by atomic mass is 16.6. The van der Waals surface area contributed by atoms with Gasteiger partial charge in [0, 0.05) is 0 Å². The summed E-state index contributed by atoms with van der Waals surface area (Å²) in [6.07, 6.45) is 5.01. The van der Waals surface area contributed by atoms with E-state index in [0.29, 0.717) is 0 Å². The third-order valence-electron chi connectivity index (χ3n) is 3.30. The molecule has 0 atom stereocenters. The first-order valence-corrected chi connectivity index (χ1v) is 7.75. The van der Waals surface area contributed by atoms with E-state index in [0.717, 1.165) is 25.7 Å². The summed E-state index contributed by atoms with van der Waals surface area (Å²) in [7, 11) is 0. The molecule has 0 unspecified atom stereocenters. The van der Waals surface area contributed by atoms with Crippen LogP contribution in [0.5, 0.6) is 0 Å². The fraction of sp³-hybridized carbons (Fsp3) is 0.647. The van der Waals surface area contributed by atoms with E-state index in [2.05, 4.69) is 13.2 Å². The predicted octanol–water partition coefficient (Wildman–Crippen LogP) is 2.94. The smallest absolute Gasteiger partial charge is 0.336 e. The number of hydrogen-bond acceptors (Lipinski definition) is 5. The zero-order valence-corrected chi connectivity index (χ0v) is 13.6. The molecule has 0 aromatic heterocycles. The molecule has 1 aliphatic rings.